The fourth-order valence-electron chi connectivity index (χ4n) is 3.61. The van der Waals surface area contributed by atoms with E-state index < -0.39 is 0 Å². The first-order valence-electron chi connectivity index (χ1n) is 9.40. The van der Waals surface area contributed by atoms with Crippen LogP contribution < -0.4 is 16.0 Å². The Morgan fingerprint density at radius 1 is 1.14 bits per heavy atom. The molecule has 0 aliphatic carbocycles. The van der Waals surface area contributed by atoms with Crippen molar-refractivity contribution in [3.05, 3.63) is 60.3 Å². The minimum atomic E-state index is 0.0180. The standard InChI is InChI=1S/C20H22N8O/c1-13(14-4-5-16-6-7-17(12-29-3)27(16)11-14)28-20-19(24-25-28)21-9-18(23-20)15-8-22-26(2)10-15/h4-11,13,25H,12H2,1-3H3,(H,21,24)/t13-/m0/s1. The third kappa shape index (κ3) is 3.00. The SMILES string of the molecule is COCc1ccc2ccc([C@H](C)N3NNc4ncc(-c5cnn(C)c5)nc43)cn12. The first-order valence-corrected chi connectivity index (χ1v) is 9.40. The van der Waals surface area contributed by atoms with E-state index in [0.29, 0.717) is 12.4 Å². The number of aromatic nitrogens is 5. The van der Waals surface area contributed by atoms with Gasteiger partial charge in [-0.3, -0.25) is 15.1 Å². The van der Waals surface area contributed by atoms with Crippen LogP contribution in [-0.4, -0.2) is 31.3 Å². The molecule has 5 rings (SSSR count). The number of methoxy groups -OCH3 is 1. The third-order valence-electron chi connectivity index (χ3n) is 5.20. The maximum atomic E-state index is 5.32. The molecule has 0 saturated heterocycles. The van der Waals surface area contributed by atoms with E-state index in [0.717, 1.165) is 33.8 Å². The van der Waals surface area contributed by atoms with Crippen molar-refractivity contribution in [2.24, 2.45) is 7.05 Å². The Balaban J connectivity index is 1.49. The number of hydrogen-bond acceptors (Lipinski definition) is 7. The van der Waals surface area contributed by atoms with Crippen LogP contribution in [0.3, 0.4) is 0 Å². The average molecular weight is 390 g/mol. The average Bonchev–Trinajstić information content (AvgIpc) is 3.45. The largest absolute Gasteiger partial charge is 0.378 e. The number of ether oxygens (including phenoxy) is 1. The van der Waals surface area contributed by atoms with E-state index in [1.165, 1.54) is 0 Å². The van der Waals surface area contributed by atoms with Crippen molar-refractivity contribution in [2.45, 2.75) is 19.6 Å². The molecule has 0 amide bonds. The zero-order valence-corrected chi connectivity index (χ0v) is 16.5. The van der Waals surface area contributed by atoms with E-state index in [9.17, 15) is 0 Å². The summed E-state index contributed by atoms with van der Waals surface area (Å²) in [7, 11) is 3.60. The van der Waals surface area contributed by atoms with Crippen molar-refractivity contribution < 1.29 is 4.74 Å². The molecule has 148 valence electrons. The highest BCUT2D eigenvalue weighted by Gasteiger charge is 2.28. The van der Waals surface area contributed by atoms with Crippen LogP contribution in [0.1, 0.15) is 24.2 Å². The van der Waals surface area contributed by atoms with Crippen molar-refractivity contribution in [2.75, 3.05) is 17.5 Å². The maximum Gasteiger partial charge on any atom is 0.190 e. The van der Waals surface area contributed by atoms with Gasteiger partial charge in [-0.25, -0.2) is 9.97 Å². The number of rotatable bonds is 5. The molecule has 1 aliphatic rings. The van der Waals surface area contributed by atoms with Gasteiger partial charge in [-0.05, 0) is 30.7 Å². The second kappa shape index (κ2) is 6.87. The van der Waals surface area contributed by atoms with E-state index in [4.69, 9.17) is 9.72 Å². The van der Waals surface area contributed by atoms with Crippen LogP contribution in [0.5, 0.6) is 0 Å². The van der Waals surface area contributed by atoms with E-state index in [1.807, 2.05) is 18.3 Å². The number of anilines is 2. The highest BCUT2D eigenvalue weighted by atomic mass is 16.5. The molecular weight excluding hydrogens is 368 g/mol. The van der Waals surface area contributed by atoms with Crippen LogP contribution in [0.4, 0.5) is 11.6 Å². The van der Waals surface area contributed by atoms with Crippen molar-refractivity contribution in [1.82, 2.24) is 29.7 Å². The van der Waals surface area contributed by atoms with Crippen LogP contribution in [0.2, 0.25) is 0 Å². The molecule has 9 nitrogen and oxygen atoms in total. The zero-order valence-electron chi connectivity index (χ0n) is 16.5. The van der Waals surface area contributed by atoms with Crippen LogP contribution in [0, 0.1) is 0 Å². The monoisotopic (exact) mass is 390 g/mol. The summed E-state index contributed by atoms with van der Waals surface area (Å²) in [6, 6.07) is 8.45. The van der Waals surface area contributed by atoms with Gasteiger partial charge in [0.2, 0.25) is 0 Å². The number of pyridine rings is 1. The molecule has 0 spiro atoms. The smallest absolute Gasteiger partial charge is 0.190 e. The Hall–Kier alpha value is -3.43. The lowest BCUT2D eigenvalue weighted by Crippen LogP contribution is -2.38. The molecular formula is C20H22N8O. The number of aryl methyl sites for hydroxylation is 1. The number of fused-ring (bicyclic) bond motifs is 2. The molecule has 5 heterocycles. The van der Waals surface area contributed by atoms with E-state index in [2.05, 4.69) is 62.8 Å². The number of nitrogens with zero attached hydrogens (tertiary/aromatic N) is 6. The van der Waals surface area contributed by atoms with Crippen LogP contribution in [-0.2, 0) is 18.4 Å². The minimum Gasteiger partial charge on any atom is -0.378 e. The molecule has 29 heavy (non-hydrogen) atoms. The van der Waals surface area contributed by atoms with Crippen molar-refractivity contribution in [1.29, 1.82) is 0 Å². The minimum absolute atomic E-state index is 0.0180. The summed E-state index contributed by atoms with van der Waals surface area (Å²) in [5.41, 5.74) is 11.4. The van der Waals surface area contributed by atoms with Gasteiger partial charge >= 0.3 is 0 Å². The summed E-state index contributed by atoms with van der Waals surface area (Å²) in [6.45, 7) is 2.70. The molecule has 0 saturated carbocycles. The Labute approximate surface area is 167 Å². The Kier molecular flexibility index (Phi) is 4.18. The van der Waals surface area contributed by atoms with Crippen LogP contribution >= 0.6 is 0 Å². The summed E-state index contributed by atoms with van der Waals surface area (Å²) in [5.74, 6) is 1.45. The number of hydrazine groups is 2. The van der Waals surface area contributed by atoms with E-state index in [-0.39, 0.29) is 6.04 Å². The second-order valence-corrected chi connectivity index (χ2v) is 7.13. The summed E-state index contributed by atoms with van der Waals surface area (Å²) in [6.07, 6.45) is 7.61. The zero-order chi connectivity index (χ0) is 20.0. The lowest BCUT2D eigenvalue weighted by molar-refractivity contribution is 0.181. The predicted molar refractivity (Wildman–Crippen MR) is 110 cm³/mol. The summed E-state index contributed by atoms with van der Waals surface area (Å²) in [5, 5.41) is 6.22. The fourth-order valence-corrected chi connectivity index (χ4v) is 3.61. The fraction of sp³-hybridized carbons (Fsp3) is 0.250. The Morgan fingerprint density at radius 2 is 2.00 bits per heavy atom. The Bertz CT molecular complexity index is 1180. The number of nitrogens with one attached hydrogen (secondary N) is 2. The molecule has 0 unspecified atom stereocenters. The Morgan fingerprint density at radius 3 is 2.79 bits per heavy atom. The maximum absolute atomic E-state index is 5.32. The lowest BCUT2D eigenvalue weighted by atomic mass is 10.1. The molecule has 0 aromatic carbocycles. The normalized spacial score (nSPS) is 14.2. The van der Waals surface area contributed by atoms with Gasteiger partial charge in [0.1, 0.15) is 0 Å². The van der Waals surface area contributed by atoms with Crippen molar-refractivity contribution >= 4 is 17.2 Å². The van der Waals surface area contributed by atoms with Crippen LogP contribution in [0.15, 0.2) is 49.1 Å². The molecule has 4 aromatic rings. The van der Waals surface area contributed by atoms with Gasteiger partial charge in [-0.2, -0.15) is 5.10 Å². The molecule has 0 bridgehead atoms. The molecule has 1 atom stereocenters. The number of hydrogen-bond donors (Lipinski definition) is 2. The third-order valence-corrected chi connectivity index (χ3v) is 5.20. The summed E-state index contributed by atoms with van der Waals surface area (Å²) >= 11 is 0. The summed E-state index contributed by atoms with van der Waals surface area (Å²) < 4.78 is 9.24. The van der Waals surface area contributed by atoms with Crippen LogP contribution in [0.25, 0.3) is 16.8 Å². The van der Waals surface area contributed by atoms with Crippen molar-refractivity contribution in [3.63, 3.8) is 0 Å². The van der Waals surface area contributed by atoms with Gasteiger partial charge < -0.3 is 9.14 Å². The first-order chi connectivity index (χ1) is 14.1. The second-order valence-electron chi connectivity index (χ2n) is 7.13. The predicted octanol–water partition coefficient (Wildman–Crippen LogP) is 2.69. The van der Waals surface area contributed by atoms with E-state index in [1.54, 1.807) is 24.2 Å². The molecule has 1 aliphatic heterocycles. The van der Waals surface area contributed by atoms with E-state index >= 15 is 0 Å². The first kappa shape index (κ1) is 17.7. The van der Waals surface area contributed by atoms with Gasteiger partial charge in [0.05, 0.1) is 30.7 Å². The molecule has 2 N–H and O–H groups in total. The highest BCUT2D eigenvalue weighted by molar-refractivity contribution is 5.69. The molecule has 9 heteroatoms. The van der Waals surface area contributed by atoms with Gasteiger partial charge in [0.15, 0.2) is 11.6 Å². The molecule has 4 aromatic heterocycles. The van der Waals surface area contributed by atoms with Gasteiger partial charge in [0.25, 0.3) is 0 Å². The quantitative estimate of drug-likeness (QED) is 0.542. The highest BCUT2D eigenvalue weighted by Crippen LogP contribution is 2.33. The summed E-state index contributed by atoms with van der Waals surface area (Å²) in [4.78, 5) is 9.34. The topological polar surface area (TPSA) is 84.5 Å². The van der Waals surface area contributed by atoms with Gasteiger partial charge in [0, 0.05) is 43.3 Å². The van der Waals surface area contributed by atoms with Crippen molar-refractivity contribution in [3.8, 4) is 11.3 Å². The molecule has 0 radical (unpaired) electrons. The van der Waals surface area contributed by atoms with Gasteiger partial charge in [-0.15, -0.1) is 5.53 Å². The van der Waals surface area contributed by atoms with Gasteiger partial charge in [-0.1, -0.05) is 6.07 Å². The molecule has 0 fully saturated rings. The lowest BCUT2D eigenvalue weighted by Gasteiger charge is -2.25.